The van der Waals surface area contributed by atoms with E-state index in [0.29, 0.717) is 36.9 Å². The molecule has 3 aliphatic heterocycles. The molecule has 0 saturated carbocycles. The molecule has 156 valence electrons. The fraction of sp³-hybridized carbons (Fsp3) is 0.526. The number of fused-ring (bicyclic) bond motifs is 1. The minimum atomic E-state index is -0.568. The van der Waals surface area contributed by atoms with E-state index in [1.54, 1.807) is 17.0 Å². The van der Waals surface area contributed by atoms with E-state index in [-0.39, 0.29) is 31.1 Å². The summed E-state index contributed by atoms with van der Waals surface area (Å²) < 4.78 is 24.8. The second-order valence-electron chi connectivity index (χ2n) is 7.54. The molecule has 1 N–H and O–H groups in total. The van der Waals surface area contributed by atoms with E-state index in [4.69, 9.17) is 9.47 Å². The highest BCUT2D eigenvalue weighted by Crippen LogP contribution is 2.39. The molecule has 4 rings (SSSR count). The van der Waals surface area contributed by atoms with Gasteiger partial charge in [0.1, 0.15) is 11.9 Å². The van der Waals surface area contributed by atoms with E-state index < -0.39 is 18.0 Å². The first-order valence-electron chi connectivity index (χ1n) is 9.49. The summed E-state index contributed by atoms with van der Waals surface area (Å²) in [6, 6.07) is 4.71. The number of hydrogen-bond donors (Lipinski definition) is 1. The molecule has 3 saturated heterocycles. The molecule has 3 unspecified atom stereocenters. The van der Waals surface area contributed by atoms with Gasteiger partial charge in [0.25, 0.3) is 0 Å². The average molecular weight is 406 g/mol. The molecule has 1 aromatic carbocycles. The molecular formula is C19H23FN4O5. The molecule has 0 aromatic heterocycles. The van der Waals surface area contributed by atoms with Crippen LogP contribution < -0.4 is 15.1 Å². The highest BCUT2D eigenvalue weighted by atomic mass is 19.1. The molecule has 3 fully saturated rings. The van der Waals surface area contributed by atoms with Crippen molar-refractivity contribution in [3.05, 3.63) is 24.0 Å². The SMILES string of the molecule is COC(=O)N1CC2CN(c3ccc(N4CC(CNC(C)=O)OC4=O)cc3F)C2C1. The number of rotatable bonds is 4. The van der Waals surface area contributed by atoms with Gasteiger partial charge in [-0.1, -0.05) is 0 Å². The Balaban J connectivity index is 1.42. The van der Waals surface area contributed by atoms with Crippen molar-refractivity contribution in [3.8, 4) is 0 Å². The fourth-order valence-corrected chi connectivity index (χ4v) is 4.18. The highest BCUT2D eigenvalue weighted by Gasteiger charge is 2.48. The van der Waals surface area contributed by atoms with Gasteiger partial charge >= 0.3 is 12.2 Å². The predicted octanol–water partition coefficient (Wildman–Crippen LogP) is 1.17. The molecule has 29 heavy (non-hydrogen) atoms. The lowest BCUT2D eigenvalue weighted by Gasteiger charge is -2.45. The molecule has 9 nitrogen and oxygen atoms in total. The van der Waals surface area contributed by atoms with Crippen molar-refractivity contribution in [1.29, 1.82) is 0 Å². The van der Waals surface area contributed by atoms with Gasteiger partial charge in [0.15, 0.2) is 0 Å². The predicted molar refractivity (Wildman–Crippen MR) is 101 cm³/mol. The monoisotopic (exact) mass is 406 g/mol. The topological polar surface area (TPSA) is 91.4 Å². The number of anilines is 2. The molecule has 3 atom stereocenters. The van der Waals surface area contributed by atoms with E-state index in [0.717, 1.165) is 0 Å². The Kier molecular flexibility index (Phi) is 4.93. The van der Waals surface area contributed by atoms with E-state index >= 15 is 0 Å². The number of carbonyl (C=O) groups is 3. The first-order valence-corrected chi connectivity index (χ1v) is 9.49. The van der Waals surface area contributed by atoms with Crippen LogP contribution >= 0.6 is 0 Å². The zero-order chi connectivity index (χ0) is 20.7. The highest BCUT2D eigenvalue weighted by molar-refractivity contribution is 5.90. The zero-order valence-corrected chi connectivity index (χ0v) is 16.3. The number of carbonyl (C=O) groups excluding carboxylic acids is 3. The molecule has 1 aromatic rings. The van der Waals surface area contributed by atoms with E-state index in [9.17, 15) is 18.8 Å². The number of benzene rings is 1. The Labute approximate surface area is 167 Å². The van der Waals surface area contributed by atoms with Crippen LogP contribution in [0.5, 0.6) is 0 Å². The van der Waals surface area contributed by atoms with E-state index in [1.807, 2.05) is 4.90 Å². The number of methoxy groups -OCH3 is 1. The second kappa shape index (κ2) is 7.41. The van der Waals surface area contributed by atoms with Crippen molar-refractivity contribution in [1.82, 2.24) is 10.2 Å². The van der Waals surface area contributed by atoms with Crippen LogP contribution in [-0.4, -0.2) is 75.0 Å². The van der Waals surface area contributed by atoms with Crippen molar-refractivity contribution in [2.45, 2.75) is 19.1 Å². The van der Waals surface area contributed by atoms with Gasteiger partial charge in [-0.25, -0.2) is 14.0 Å². The number of nitrogens with zero attached hydrogens (tertiary/aromatic N) is 3. The van der Waals surface area contributed by atoms with Crippen LogP contribution in [0.2, 0.25) is 0 Å². The smallest absolute Gasteiger partial charge is 0.414 e. The molecule has 0 radical (unpaired) electrons. The van der Waals surface area contributed by atoms with Crippen molar-refractivity contribution in [2.24, 2.45) is 5.92 Å². The summed E-state index contributed by atoms with van der Waals surface area (Å²) in [5, 5.41) is 2.61. The third-order valence-corrected chi connectivity index (χ3v) is 5.68. The normalized spacial score (nSPS) is 25.4. The van der Waals surface area contributed by atoms with Crippen LogP contribution in [0.4, 0.5) is 25.4 Å². The first kappa shape index (κ1) is 19.3. The quantitative estimate of drug-likeness (QED) is 0.807. The van der Waals surface area contributed by atoms with Crippen molar-refractivity contribution < 1.29 is 28.2 Å². The van der Waals surface area contributed by atoms with Gasteiger partial charge < -0.3 is 24.6 Å². The number of amides is 3. The minimum Gasteiger partial charge on any atom is -0.453 e. The summed E-state index contributed by atoms with van der Waals surface area (Å²) >= 11 is 0. The van der Waals surface area contributed by atoms with Gasteiger partial charge in [0.2, 0.25) is 5.91 Å². The number of hydrogen-bond acceptors (Lipinski definition) is 6. The lowest BCUT2D eigenvalue weighted by Crippen LogP contribution is -2.56. The van der Waals surface area contributed by atoms with Crippen molar-refractivity contribution in [3.63, 3.8) is 0 Å². The number of halogens is 1. The van der Waals surface area contributed by atoms with Crippen LogP contribution in [0.25, 0.3) is 0 Å². The number of ether oxygens (including phenoxy) is 2. The number of cyclic esters (lactones) is 1. The third-order valence-electron chi connectivity index (χ3n) is 5.68. The Bertz CT molecular complexity index is 850. The first-order chi connectivity index (χ1) is 13.9. The maximum absolute atomic E-state index is 14.8. The molecule has 0 aliphatic carbocycles. The summed E-state index contributed by atoms with van der Waals surface area (Å²) in [5.74, 6) is -0.340. The summed E-state index contributed by atoms with van der Waals surface area (Å²) in [5.41, 5.74) is 0.852. The molecule has 0 bridgehead atoms. The van der Waals surface area contributed by atoms with Crippen LogP contribution in [0.3, 0.4) is 0 Å². The second-order valence-corrected chi connectivity index (χ2v) is 7.54. The molecule has 3 heterocycles. The molecule has 3 amide bonds. The minimum absolute atomic E-state index is 0.0632. The fourth-order valence-electron chi connectivity index (χ4n) is 4.18. The largest absolute Gasteiger partial charge is 0.453 e. The van der Waals surface area contributed by atoms with E-state index in [1.165, 1.54) is 25.0 Å². The molecule has 0 spiro atoms. The third kappa shape index (κ3) is 3.54. The van der Waals surface area contributed by atoms with Gasteiger partial charge in [0.05, 0.1) is 37.6 Å². The van der Waals surface area contributed by atoms with Crippen molar-refractivity contribution in [2.75, 3.05) is 49.6 Å². The summed E-state index contributed by atoms with van der Waals surface area (Å²) in [6.45, 7) is 3.62. The van der Waals surface area contributed by atoms with E-state index in [2.05, 4.69) is 5.32 Å². The lowest BCUT2D eigenvalue weighted by atomic mass is 9.91. The van der Waals surface area contributed by atoms with Gasteiger partial charge in [-0.05, 0) is 18.2 Å². The summed E-state index contributed by atoms with van der Waals surface area (Å²) in [7, 11) is 1.35. The summed E-state index contributed by atoms with van der Waals surface area (Å²) in [6.07, 6.45) is -1.41. The Morgan fingerprint density at radius 2 is 2.07 bits per heavy atom. The van der Waals surface area contributed by atoms with Gasteiger partial charge in [0, 0.05) is 32.5 Å². The van der Waals surface area contributed by atoms with Crippen LogP contribution in [-0.2, 0) is 14.3 Å². The van der Waals surface area contributed by atoms with Crippen LogP contribution in [0.15, 0.2) is 18.2 Å². The maximum Gasteiger partial charge on any atom is 0.414 e. The molecule has 3 aliphatic rings. The Morgan fingerprint density at radius 1 is 1.28 bits per heavy atom. The Morgan fingerprint density at radius 3 is 2.76 bits per heavy atom. The van der Waals surface area contributed by atoms with Gasteiger partial charge in [-0.15, -0.1) is 0 Å². The van der Waals surface area contributed by atoms with Crippen molar-refractivity contribution >= 4 is 29.5 Å². The zero-order valence-electron chi connectivity index (χ0n) is 16.3. The van der Waals surface area contributed by atoms with Crippen LogP contribution in [0.1, 0.15) is 6.92 Å². The number of likely N-dealkylation sites (tertiary alicyclic amines) is 1. The van der Waals surface area contributed by atoms with Gasteiger partial charge in [-0.3, -0.25) is 9.69 Å². The lowest BCUT2D eigenvalue weighted by molar-refractivity contribution is -0.119. The van der Waals surface area contributed by atoms with Crippen LogP contribution in [0, 0.1) is 11.7 Å². The van der Waals surface area contributed by atoms with Gasteiger partial charge in [-0.2, -0.15) is 0 Å². The number of nitrogens with one attached hydrogen (secondary N) is 1. The standard InChI is InChI=1S/C19H23FN4O5/c1-11(25)21-6-14-9-23(19(27)29-14)13-3-4-16(15(20)5-13)24-8-12-7-22(10-17(12)24)18(26)28-2/h3-5,12,14,17H,6-10H2,1-2H3,(H,21,25). The summed E-state index contributed by atoms with van der Waals surface area (Å²) in [4.78, 5) is 39.8. The Hall–Kier alpha value is -3.04. The maximum atomic E-state index is 14.8. The average Bonchev–Trinajstić information content (AvgIpc) is 3.21. The molecule has 10 heteroatoms. The molecular weight excluding hydrogens is 383 g/mol.